The summed E-state index contributed by atoms with van der Waals surface area (Å²) >= 11 is 0. The minimum absolute atomic E-state index is 0.156. The highest BCUT2D eigenvalue weighted by atomic mass is 16.6. The fraction of sp³-hybridized carbons (Fsp3) is 1.00. The van der Waals surface area contributed by atoms with E-state index in [1.807, 2.05) is 6.92 Å². The van der Waals surface area contributed by atoms with Gasteiger partial charge in [0.15, 0.2) is 0 Å². The zero-order valence-corrected chi connectivity index (χ0v) is 7.05. The lowest BCUT2D eigenvalue weighted by Crippen LogP contribution is -2.41. The van der Waals surface area contributed by atoms with Crippen LogP contribution in [0.25, 0.3) is 0 Å². The lowest BCUT2D eigenvalue weighted by molar-refractivity contribution is -0.0311. The Hall–Kier alpha value is -0.120. The van der Waals surface area contributed by atoms with Crippen molar-refractivity contribution in [2.45, 2.75) is 44.8 Å². The third kappa shape index (κ3) is 2.77. The second-order valence-electron chi connectivity index (χ2n) is 3.01. The van der Waals surface area contributed by atoms with E-state index in [0.717, 1.165) is 19.3 Å². The number of aliphatic hydroxyl groups is 1. The van der Waals surface area contributed by atoms with Gasteiger partial charge in [-0.2, -0.15) is 5.48 Å². The Kier molecular flexibility index (Phi) is 3.83. The molecule has 0 aromatic heterocycles. The minimum Gasteiger partial charge on any atom is -0.391 e. The van der Waals surface area contributed by atoms with Gasteiger partial charge in [-0.05, 0) is 19.8 Å². The molecule has 11 heavy (non-hydrogen) atoms. The van der Waals surface area contributed by atoms with Crippen molar-refractivity contribution in [1.29, 1.82) is 0 Å². The lowest BCUT2D eigenvalue weighted by atomic mass is 9.93. The first-order chi connectivity index (χ1) is 5.34. The van der Waals surface area contributed by atoms with Gasteiger partial charge in [-0.3, -0.25) is 0 Å². The average molecular weight is 159 g/mol. The van der Waals surface area contributed by atoms with Crippen LogP contribution in [0.1, 0.15) is 32.6 Å². The van der Waals surface area contributed by atoms with Gasteiger partial charge in [-0.15, -0.1) is 0 Å². The van der Waals surface area contributed by atoms with E-state index < -0.39 is 0 Å². The van der Waals surface area contributed by atoms with E-state index in [1.54, 1.807) is 0 Å². The van der Waals surface area contributed by atoms with Crippen LogP contribution in [-0.4, -0.2) is 23.9 Å². The first-order valence-corrected chi connectivity index (χ1v) is 4.40. The number of rotatable bonds is 3. The van der Waals surface area contributed by atoms with Crippen LogP contribution >= 0.6 is 0 Å². The zero-order chi connectivity index (χ0) is 8.10. The molecule has 3 nitrogen and oxygen atoms in total. The van der Waals surface area contributed by atoms with E-state index in [9.17, 15) is 5.11 Å². The molecule has 3 heteroatoms. The summed E-state index contributed by atoms with van der Waals surface area (Å²) in [5.41, 5.74) is 2.87. The van der Waals surface area contributed by atoms with Crippen LogP contribution in [0.5, 0.6) is 0 Å². The van der Waals surface area contributed by atoms with Crippen LogP contribution in [0, 0.1) is 0 Å². The largest absolute Gasteiger partial charge is 0.391 e. The van der Waals surface area contributed by atoms with Crippen LogP contribution < -0.4 is 5.48 Å². The highest BCUT2D eigenvalue weighted by Crippen LogP contribution is 2.17. The quantitative estimate of drug-likeness (QED) is 0.599. The molecule has 2 N–H and O–H groups in total. The summed E-state index contributed by atoms with van der Waals surface area (Å²) in [7, 11) is 0. The molecule has 0 heterocycles. The monoisotopic (exact) mass is 159 g/mol. The van der Waals surface area contributed by atoms with Gasteiger partial charge in [-0.25, -0.2) is 0 Å². The Labute approximate surface area is 67.7 Å². The second-order valence-corrected chi connectivity index (χ2v) is 3.01. The van der Waals surface area contributed by atoms with Crippen molar-refractivity contribution < 1.29 is 9.94 Å². The number of hydroxylamine groups is 1. The topological polar surface area (TPSA) is 41.5 Å². The van der Waals surface area contributed by atoms with E-state index in [0.29, 0.717) is 6.61 Å². The van der Waals surface area contributed by atoms with Gasteiger partial charge in [0, 0.05) is 0 Å². The fourth-order valence-corrected chi connectivity index (χ4v) is 1.44. The fourth-order valence-electron chi connectivity index (χ4n) is 1.44. The minimum atomic E-state index is -0.213. The van der Waals surface area contributed by atoms with Crippen molar-refractivity contribution in [2.24, 2.45) is 0 Å². The molecule has 0 saturated heterocycles. The summed E-state index contributed by atoms with van der Waals surface area (Å²) in [6, 6.07) is 0.156. The summed E-state index contributed by atoms with van der Waals surface area (Å²) in [6.07, 6.45) is 4.06. The van der Waals surface area contributed by atoms with E-state index in [4.69, 9.17) is 4.84 Å². The van der Waals surface area contributed by atoms with Crippen LogP contribution in [-0.2, 0) is 4.84 Å². The summed E-state index contributed by atoms with van der Waals surface area (Å²) in [4.78, 5) is 5.03. The van der Waals surface area contributed by atoms with Crippen molar-refractivity contribution in [3.8, 4) is 0 Å². The Balaban J connectivity index is 2.18. The Bertz CT molecular complexity index is 108. The summed E-state index contributed by atoms with van der Waals surface area (Å²) in [6.45, 7) is 2.59. The van der Waals surface area contributed by atoms with Crippen molar-refractivity contribution in [2.75, 3.05) is 6.61 Å². The molecule has 0 unspecified atom stereocenters. The smallest absolute Gasteiger partial charge is 0.0716 e. The van der Waals surface area contributed by atoms with Gasteiger partial charge < -0.3 is 9.94 Å². The standard InChI is InChI=1S/C8H17NO2/c1-2-11-9-7-5-3-4-6-8(7)10/h7-10H,2-6H2,1H3/t7-,8-/m0/s1. The highest BCUT2D eigenvalue weighted by Gasteiger charge is 2.22. The number of nitrogens with one attached hydrogen (secondary N) is 1. The number of hydrogen-bond acceptors (Lipinski definition) is 3. The van der Waals surface area contributed by atoms with E-state index >= 15 is 0 Å². The molecule has 1 aliphatic rings. The first-order valence-electron chi connectivity index (χ1n) is 4.40. The lowest BCUT2D eigenvalue weighted by Gasteiger charge is -2.27. The molecule has 0 bridgehead atoms. The second kappa shape index (κ2) is 4.70. The van der Waals surface area contributed by atoms with Crippen molar-refractivity contribution >= 4 is 0 Å². The van der Waals surface area contributed by atoms with Crippen LogP contribution in [0.4, 0.5) is 0 Å². The van der Waals surface area contributed by atoms with Gasteiger partial charge in [-0.1, -0.05) is 12.8 Å². The van der Waals surface area contributed by atoms with Gasteiger partial charge in [0.05, 0.1) is 18.8 Å². The average Bonchev–Trinajstić information content (AvgIpc) is 2.03. The molecule has 66 valence electrons. The van der Waals surface area contributed by atoms with E-state index in [2.05, 4.69) is 5.48 Å². The molecule has 0 aromatic rings. The third-order valence-corrected chi connectivity index (χ3v) is 2.11. The molecule has 1 aliphatic carbocycles. The third-order valence-electron chi connectivity index (χ3n) is 2.11. The molecular weight excluding hydrogens is 142 g/mol. The van der Waals surface area contributed by atoms with Crippen LogP contribution in [0.2, 0.25) is 0 Å². The van der Waals surface area contributed by atoms with Crippen molar-refractivity contribution in [3.05, 3.63) is 0 Å². The molecule has 0 amide bonds. The summed E-state index contributed by atoms with van der Waals surface area (Å²) in [5.74, 6) is 0. The number of aliphatic hydroxyl groups excluding tert-OH is 1. The molecule has 2 atom stereocenters. The van der Waals surface area contributed by atoms with Gasteiger partial charge in [0.1, 0.15) is 0 Å². The Morgan fingerprint density at radius 1 is 1.45 bits per heavy atom. The molecule has 0 radical (unpaired) electrons. The van der Waals surface area contributed by atoms with Gasteiger partial charge >= 0.3 is 0 Å². The normalized spacial score (nSPS) is 32.2. The van der Waals surface area contributed by atoms with Gasteiger partial charge in [0.25, 0.3) is 0 Å². The Morgan fingerprint density at radius 3 is 2.82 bits per heavy atom. The number of hydrogen-bond donors (Lipinski definition) is 2. The van der Waals surface area contributed by atoms with E-state index in [1.165, 1.54) is 6.42 Å². The molecule has 1 fully saturated rings. The molecular formula is C8H17NO2. The molecule has 0 aromatic carbocycles. The highest BCUT2D eigenvalue weighted by molar-refractivity contribution is 4.77. The summed E-state index contributed by atoms with van der Waals surface area (Å²) in [5, 5.41) is 9.45. The van der Waals surface area contributed by atoms with Crippen LogP contribution in [0.15, 0.2) is 0 Å². The summed E-state index contributed by atoms with van der Waals surface area (Å²) < 4.78 is 0. The van der Waals surface area contributed by atoms with Crippen molar-refractivity contribution in [1.82, 2.24) is 5.48 Å². The maximum absolute atomic E-state index is 9.45. The van der Waals surface area contributed by atoms with Crippen LogP contribution in [0.3, 0.4) is 0 Å². The molecule has 1 saturated carbocycles. The van der Waals surface area contributed by atoms with E-state index in [-0.39, 0.29) is 12.1 Å². The zero-order valence-electron chi connectivity index (χ0n) is 7.05. The predicted octanol–water partition coefficient (Wildman–Crippen LogP) is 0.831. The SMILES string of the molecule is CCON[C@H]1CCCC[C@@H]1O. The predicted molar refractivity (Wildman–Crippen MR) is 43.0 cm³/mol. The molecule has 1 rings (SSSR count). The molecule has 0 spiro atoms. The van der Waals surface area contributed by atoms with Gasteiger partial charge in [0.2, 0.25) is 0 Å². The Morgan fingerprint density at radius 2 is 2.18 bits per heavy atom. The van der Waals surface area contributed by atoms with Crippen molar-refractivity contribution in [3.63, 3.8) is 0 Å². The molecule has 0 aliphatic heterocycles. The first kappa shape index (κ1) is 8.97. The maximum atomic E-state index is 9.45. The maximum Gasteiger partial charge on any atom is 0.0716 e.